The third kappa shape index (κ3) is 3.67. The standard InChI is InChI=1S/C14H27N2O2/c1-11-7-12(2)9-15(8-11)10-13-5-3-4-6-14(13)16(17)18/h11-14,17H,3-10H2,1-2H3/q-1. The van der Waals surface area contributed by atoms with E-state index in [1.165, 1.54) is 12.8 Å². The van der Waals surface area contributed by atoms with E-state index in [0.717, 1.165) is 50.7 Å². The molecule has 4 heteroatoms. The molecule has 2 rings (SSSR count). The Morgan fingerprint density at radius 1 is 1.17 bits per heavy atom. The van der Waals surface area contributed by atoms with Crippen molar-refractivity contribution in [2.45, 2.75) is 52.0 Å². The Kier molecular flexibility index (Phi) is 5.01. The molecule has 0 amide bonds. The van der Waals surface area contributed by atoms with Crippen LogP contribution in [0.2, 0.25) is 0 Å². The van der Waals surface area contributed by atoms with Crippen LogP contribution in [0.4, 0.5) is 0 Å². The van der Waals surface area contributed by atoms with Gasteiger partial charge in [0, 0.05) is 25.7 Å². The Morgan fingerprint density at radius 2 is 1.78 bits per heavy atom. The minimum absolute atomic E-state index is 0.175. The highest BCUT2D eigenvalue weighted by atomic mass is 16.8. The summed E-state index contributed by atoms with van der Waals surface area (Å²) in [4.78, 5) is 2.51. The molecule has 0 aromatic carbocycles. The largest absolute Gasteiger partial charge is 0.762 e. The Morgan fingerprint density at radius 3 is 2.39 bits per heavy atom. The van der Waals surface area contributed by atoms with Gasteiger partial charge in [0.15, 0.2) is 0 Å². The van der Waals surface area contributed by atoms with Gasteiger partial charge in [0.25, 0.3) is 0 Å². The van der Waals surface area contributed by atoms with Crippen molar-refractivity contribution in [3.05, 3.63) is 5.21 Å². The average Bonchev–Trinajstić information content (AvgIpc) is 2.27. The molecule has 4 unspecified atom stereocenters. The second-order valence-electron chi connectivity index (χ2n) is 6.58. The number of hydrogen-bond acceptors (Lipinski definition) is 4. The molecule has 1 saturated heterocycles. The minimum atomic E-state index is -0.175. The van der Waals surface area contributed by atoms with Gasteiger partial charge in [0.05, 0.1) is 0 Å². The fraction of sp³-hybridized carbons (Fsp3) is 1.00. The zero-order valence-corrected chi connectivity index (χ0v) is 11.7. The fourth-order valence-corrected chi connectivity index (χ4v) is 3.96. The first kappa shape index (κ1) is 14.3. The Hall–Kier alpha value is -0.160. The molecule has 2 fully saturated rings. The van der Waals surface area contributed by atoms with Crippen molar-refractivity contribution in [3.8, 4) is 0 Å². The molecule has 18 heavy (non-hydrogen) atoms. The van der Waals surface area contributed by atoms with E-state index in [1.54, 1.807) is 0 Å². The summed E-state index contributed by atoms with van der Waals surface area (Å²) in [5.41, 5.74) is 0. The second kappa shape index (κ2) is 6.33. The zero-order chi connectivity index (χ0) is 13.1. The first-order valence-electron chi connectivity index (χ1n) is 7.44. The van der Waals surface area contributed by atoms with Gasteiger partial charge < -0.3 is 15.3 Å². The molecule has 0 radical (unpaired) electrons. The van der Waals surface area contributed by atoms with E-state index in [9.17, 15) is 10.4 Å². The molecule has 0 aromatic heterocycles. The van der Waals surface area contributed by atoms with E-state index < -0.39 is 0 Å². The van der Waals surface area contributed by atoms with Gasteiger partial charge in [-0.3, -0.25) is 5.23 Å². The molecule has 4 atom stereocenters. The molecule has 0 aromatic rings. The molecule has 2 aliphatic rings. The smallest absolute Gasteiger partial charge is 0.0257 e. The van der Waals surface area contributed by atoms with Gasteiger partial charge in [-0.15, -0.1) is 0 Å². The SMILES string of the molecule is CC1CC(C)CN(CC2CCCCC2N([O-])O)C1. The van der Waals surface area contributed by atoms with Crippen LogP contribution in [0.1, 0.15) is 46.0 Å². The van der Waals surface area contributed by atoms with E-state index in [-0.39, 0.29) is 11.3 Å². The third-order valence-electron chi connectivity index (χ3n) is 4.59. The lowest BCUT2D eigenvalue weighted by Gasteiger charge is -2.44. The van der Waals surface area contributed by atoms with Gasteiger partial charge in [-0.05, 0) is 37.0 Å². The molecule has 1 heterocycles. The summed E-state index contributed by atoms with van der Waals surface area (Å²) in [5, 5.41) is 20.7. The third-order valence-corrected chi connectivity index (χ3v) is 4.59. The molecular weight excluding hydrogens is 228 g/mol. The summed E-state index contributed by atoms with van der Waals surface area (Å²) in [6, 6.07) is -0.175. The Labute approximate surface area is 110 Å². The van der Waals surface area contributed by atoms with Crippen LogP contribution in [0.25, 0.3) is 0 Å². The number of hydroxylamine groups is 2. The van der Waals surface area contributed by atoms with Crippen LogP contribution in [0.5, 0.6) is 0 Å². The van der Waals surface area contributed by atoms with Crippen LogP contribution in [-0.2, 0) is 0 Å². The molecule has 1 N–H and O–H groups in total. The highest BCUT2D eigenvalue weighted by Gasteiger charge is 2.30. The normalized spacial score (nSPS) is 39.2. The number of likely N-dealkylation sites (tertiary alicyclic amines) is 1. The number of nitrogens with zero attached hydrogens (tertiary/aromatic N) is 2. The van der Waals surface area contributed by atoms with Gasteiger partial charge in [-0.1, -0.05) is 26.7 Å². The highest BCUT2D eigenvalue weighted by Crippen LogP contribution is 2.30. The lowest BCUT2D eigenvalue weighted by molar-refractivity contribution is -0.111. The highest BCUT2D eigenvalue weighted by molar-refractivity contribution is 4.85. The number of piperidine rings is 1. The van der Waals surface area contributed by atoms with Gasteiger partial charge >= 0.3 is 0 Å². The van der Waals surface area contributed by atoms with Crippen molar-refractivity contribution in [2.75, 3.05) is 19.6 Å². The van der Waals surface area contributed by atoms with Crippen LogP contribution in [0.3, 0.4) is 0 Å². The maximum Gasteiger partial charge on any atom is 0.0257 e. The zero-order valence-electron chi connectivity index (χ0n) is 11.7. The second-order valence-corrected chi connectivity index (χ2v) is 6.58. The summed E-state index contributed by atoms with van der Waals surface area (Å²) in [7, 11) is 0. The van der Waals surface area contributed by atoms with E-state index in [4.69, 9.17) is 0 Å². The van der Waals surface area contributed by atoms with Crippen molar-refractivity contribution in [2.24, 2.45) is 17.8 Å². The van der Waals surface area contributed by atoms with Crippen molar-refractivity contribution >= 4 is 0 Å². The quantitative estimate of drug-likeness (QED) is 0.788. The summed E-state index contributed by atoms with van der Waals surface area (Å²) in [6.07, 6.45) is 5.53. The van der Waals surface area contributed by atoms with Crippen molar-refractivity contribution in [3.63, 3.8) is 0 Å². The molecule has 1 aliphatic heterocycles. The van der Waals surface area contributed by atoms with Gasteiger partial charge in [-0.25, -0.2) is 0 Å². The maximum absolute atomic E-state index is 11.2. The predicted octanol–water partition coefficient (Wildman–Crippen LogP) is 2.71. The van der Waals surface area contributed by atoms with Gasteiger partial charge in [0.2, 0.25) is 0 Å². The molecule has 1 aliphatic carbocycles. The summed E-state index contributed by atoms with van der Waals surface area (Å²) >= 11 is 0. The number of hydrogen-bond donors (Lipinski definition) is 1. The summed E-state index contributed by atoms with van der Waals surface area (Å²) < 4.78 is 0. The summed E-state index contributed by atoms with van der Waals surface area (Å²) in [5.74, 6) is 1.86. The number of rotatable bonds is 3. The summed E-state index contributed by atoms with van der Waals surface area (Å²) in [6.45, 7) is 7.91. The van der Waals surface area contributed by atoms with Crippen molar-refractivity contribution < 1.29 is 5.21 Å². The average molecular weight is 255 g/mol. The van der Waals surface area contributed by atoms with Crippen LogP contribution >= 0.6 is 0 Å². The van der Waals surface area contributed by atoms with Gasteiger partial charge in [0.1, 0.15) is 0 Å². The van der Waals surface area contributed by atoms with Crippen molar-refractivity contribution in [1.29, 1.82) is 0 Å². The topological polar surface area (TPSA) is 49.8 Å². The van der Waals surface area contributed by atoms with Crippen LogP contribution in [0.15, 0.2) is 0 Å². The molecule has 0 spiro atoms. The molecular formula is C14H27N2O2-. The molecule has 1 saturated carbocycles. The Bertz CT molecular complexity index is 250. The molecule has 0 bridgehead atoms. The Balaban J connectivity index is 1.90. The van der Waals surface area contributed by atoms with Crippen LogP contribution in [0, 0.1) is 23.0 Å². The van der Waals surface area contributed by atoms with E-state index >= 15 is 0 Å². The minimum Gasteiger partial charge on any atom is -0.762 e. The van der Waals surface area contributed by atoms with Crippen molar-refractivity contribution in [1.82, 2.24) is 10.1 Å². The van der Waals surface area contributed by atoms with E-state index in [1.807, 2.05) is 0 Å². The van der Waals surface area contributed by atoms with Crippen LogP contribution < -0.4 is 0 Å². The lowest BCUT2D eigenvalue weighted by Crippen LogP contribution is -2.47. The van der Waals surface area contributed by atoms with E-state index in [0.29, 0.717) is 5.92 Å². The molecule has 106 valence electrons. The lowest BCUT2D eigenvalue weighted by atomic mass is 9.83. The van der Waals surface area contributed by atoms with Gasteiger partial charge in [-0.2, -0.15) is 0 Å². The first-order chi connectivity index (χ1) is 8.56. The first-order valence-corrected chi connectivity index (χ1v) is 7.44. The fourth-order valence-electron chi connectivity index (χ4n) is 3.96. The predicted molar refractivity (Wildman–Crippen MR) is 72.1 cm³/mol. The van der Waals surface area contributed by atoms with E-state index in [2.05, 4.69) is 18.7 Å². The van der Waals surface area contributed by atoms with Crippen LogP contribution in [-0.4, -0.2) is 41.0 Å². The molecule has 4 nitrogen and oxygen atoms in total. The monoisotopic (exact) mass is 255 g/mol. The maximum atomic E-state index is 11.2.